The molecule has 140 valence electrons. The minimum Gasteiger partial charge on any atom is -0.379 e. The molecule has 0 spiro atoms. The van der Waals surface area contributed by atoms with E-state index in [9.17, 15) is 9.18 Å². The molecular formula is C18H24FN5O2. The van der Waals surface area contributed by atoms with E-state index >= 15 is 0 Å². The third kappa shape index (κ3) is 4.64. The minimum absolute atomic E-state index is 0.0852. The molecule has 0 saturated carbocycles. The number of amides is 1. The average Bonchev–Trinajstić information content (AvgIpc) is 3.15. The van der Waals surface area contributed by atoms with Gasteiger partial charge in [0.15, 0.2) is 5.69 Å². The highest BCUT2D eigenvalue weighted by Gasteiger charge is 2.17. The van der Waals surface area contributed by atoms with E-state index in [-0.39, 0.29) is 23.5 Å². The highest BCUT2D eigenvalue weighted by Crippen LogP contribution is 2.21. The zero-order valence-corrected chi connectivity index (χ0v) is 14.9. The molecule has 7 nitrogen and oxygen atoms in total. The van der Waals surface area contributed by atoms with Crippen LogP contribution in [0.3, 0.4) is 0 Å². The van der Waals surface area contributed by atoms with E-state index in [1.807, 2.05) is 6.92 Å². The Labute approximate surface area is 152 Å². The molecule has 3 rings (SSSR count). The van der Waals surface area contributed by atoms with Crippen LogP contribution in [0.5, 0.6) is 0 Å². The van der Waals surface area contributed by atoms with Crippen molar-refractivity contribution < 1.29 is 13.9 Å². The molecule has 1 saturated heterocycles. The Morgan fingerprint density at radius 2 is 2.04 bits per heavy atom. The van der Waals surface area contributed by atoms with Gasteiger partial charge in [-0.2, -0.15) is 0 Å². The number of nitrogens with one attached hydrogen (secondary N) is 1. The smallest absolute Gasteiger partial charge is 0.273 e. The first-order valence-electron chi connectivity index (χ1n) is 8.93. The summed E-state index contributed by atoms with van der Waals surface area (Å²) in [6.07, 6.45) is 2.40. The molecule has 0 radical (unpaired) electrons. The van der Waals surface area contributed by atoms with Crippen LogP contribution in [0.15, 0.2) is 30.5 Å². The van der Waals surface area contributed by atoms with Gasteiger partial charge < -0.3 is 10.1 Å². The number of hydrogen-bond donors (Lipinski definition) is 1. The van der Waals surface area contributed by atoms with Gasteiger partial charge in [-0.3, -0.25) is 9.69 Å². The van der Waals surface area contributed by atoms with Gasteiger partial charge in [0, 0.05) is 26.2 Å². The van der Waals surface area contributed by atoms with Crippen molar-refractivity contribution in [2.45, 2.75) is 19.4 Å². The molecular weight excluding hydrogens is 337 g/mol. The highest BCUT2D eigenvalue weighted by molar-refractivity contribution is 5.91. The van der Waals surface area contributed by atoms with Crippen LogP contribution in [-0.4, -0.2) is 65.2 Å². The Bertz CT molecular complexity index is 713. The normalized spacial score (nSPS) is 16.4. The number of carbonyl (C=O) groups is 1. The standard InChI is InChI=1S/C18H24FN5O2/c1-2-17(14-3-5-15(19)6-4-14)24-13-16(21-22-24)18(25)20-7-8-23-9-11-26-12-10-23/h3-6,13,17H,2,7-12H2,1H3,(H,20,25). The summed E-state index contributed by atoms with van der Waals surface area (Å²) in [5, 5.41) is 11.0. The number of aromatic nitrogens is 3. The van der Waals surface area contributed by atoms with E-state index in [0.29, 0.717) is 6.54 Å². The number of nitrogens with zero attached hydrogens (tertiary/aromatic N) is 4. The third-order valence-electron chi connectivity index (χ3n) is 4.52. The van der Waals surface area contributed by atoms with Crippen molar-refractivity contribution in [3.05, 3.63) is 47.5 Å². The average molecular weight is 361 g/mol. The summed E-state index contributed by atoms with van der Waals surface area (Å²) >= 11 is 0. The largest absolute Gasteiger partial charge is 0.379 e. The first-order chi connectivity index (χ1) is 12.7. The molecule has 1 aliphatic rings. The second kappa shape index (κ2) is 8.86. The molecule has 1 N–H and O–H groups in total. The van der Waals surface area contributed by atoms with Gasteiger partial charge >= 0.3 is 0 Å². The topological polar surface area (TPSA) is 72.3 Å². The van der Waals surface area contributed by atoms with Crippen LogP contribution in [0.2, 0.25) is 0 Å². The van der Waals surface area contributed by atoms with Crippen LogP contribution >= 0.6 is 0 Å². The predicted octanol–water partition coefficient (Wildman–Crippen LogP) is 1.48. The number of morpholine rings is 1. The van der Waals surface area contributed by atoms with Crippen molar-refractivity contribution >= 4 is 5.91 Å². The first kappa shape index (κ1) is 18.5. The van der Waals surface area contributed by atoms with Gasteiger partial charge in [-0.15, -0.1) is 5.10 Å². The van der Waals surface area contributed by atoms with Crippen LogP contribution in [-0.2, 0) is 4.74 Å². The second-order valence-corrected chi connectivity index (χ2v) is 6.27. The van der Waals surface area contributed by atoms with E-state index in [4.69, 9.17) is 4.74 Å². The number of ether oxygens (including phenoxy) is 1. The Morgan fingerprint density at radius 3 is 2.73 bits per heavy atom. The van der Waals surface area contributed by atoms with E-state index < -0.39 is 0 Å². The minimum atomic E-state index is -0.275. The lowest BCUT2D eigenvalue weighted by atomic mass is 10.0. The van der Waals surface area contributed by atoms with Crippen LogP contribution in [0.4, 0.5) is 4.39 Å². The lowest BCUT2D eigenvalue weighted by Crippen LogP contribution is -2.41. The second-order valence-electron chi connectivity index (χ2n) is 6.27. The molecule has 1 aromatic heterocycles. The fourth-order valence-corrected chi connectivity index (χ4v) is 3.04. The van der Waals surface area contributed by atoms with Gasteiger partial charge in [-0.1, -0.05) is 24.3 Å². The first-order valence-corrected chi connectivity index (χ1v) is 8.93. The molecule has 2 heterocycles. The molecule has 26 heavy (non-hydrogen) atoms. The van der Waals surface area contributed by atoms with Crippen LogP contribution in [0, 0.1) is 5.82 Å². The van der Waals surface area contributed by atoms with Crippen molar-refractivity contribution in [2.75, 3.05) is 39.4 Å². The third-order valence-corrected chi connectivity index (χ3v) is 4.52. The maximum Gasteiger partial charge on any atom is 0.273 e. The Kier molecular flexibility index (Phi) is 6.30. The molecule has 0 bridgehead atoms. The number of benzene rings is 1. The summed E-state index contributed by atoms with van der Waals surface area (Å²) in [5.41, 5.74) is 1.21. The molecule has 1 aliphatic heterocycles. The maximum atomic E-state index is 13.1. The molecule has 2 aromatic rings. The highest BCUT2D eigenvalue weighted by atomic mass is 19.1. The van der Waals surface area contributed by atoms with Gasteiger partial charge in [0.05, 0.1) is 25.5 Å². The molecule has 1 amide bonds. The Morgan fingerprint density at radius 1 is 1.31 bits per heavy atom. The predicted molar refractivity (Wildman–Crippen MR) is 94.4 cm³/mol. The number of rotatable bonds is 7. The summed E-state index contributed by atoms with van der Waals surface area (Å²) in [7, 11) is 0. The van der Waals surface area contributed by atoms with Gasteiger partial charge in [-0.05, 0) is 24.1 Å². The fourth-order valence-electron chi connectivity index (χ4n) is 3.04. The molecule has 1 atom stereocenters. The van der Waals surface area contributed by atoms with Crippen LogP contribution in [0.25, 0.3) is 0 Å². The SMILES string of the molecule is CCC(c1ccc(F)cc1)n1cc(C(=O)NCCN2CCOCC2)nn1. The number of hydrogen-bond acceptors (Lipinski definition) is 5. The van der Waals surface area contributed by atoms with Crippen molar-refractivity contribution in [2.24, 2.45) is 0 Å². The van der Waals surface area contributed by atoms with Crippen molar-refractivity contribution in [3.63, 3.8) is 0 Å². The van der Waals surface area contributed by atoms with Crippen molar-refractivity contribution in [1.82, 2.24) is 25.2 Å². The number of halogens is 1. The Hall–Kier alpha value is -2.32. The van der Waals surface area contributed by atoms with Gasteiger partial charge in [-0.25, -0.2) is 9.07 Å². The Balaban J connectivity index is 1.57. The maximum absolute atomic E-state index is 13.1. The fraction of sp³-hybridized carbons (Fsp3) is 0.500. The molecule has 1 unspecified atom stereocenters. The van der Waals surface area contributed by atoms with E-state index in [1.165, 1.54) is 12.1 Å². The monoisotopic (exact) mass is 361 g/mol. The summed E-state index contributed by atoms with van der Waals surface area (Å²) < 4.78 is 20.1. The van der Waals surface area contributed by atoms with Crippen molar-refractivity contribution in [1.29, 1.82) is 0 Å². The number of carbonyl (C=O) groups excluding carboxylic acids is 1. The van der Waals surface area contributed by atoms with E-state index in [0.717, 1.165) is 44.8 Å². The lowest BCUT2D eigenvalue weighted by molar-refractivity contribution is 0.0383. The summed E-state index contributed by atoms with van der Waals surface area (Å²) in [6, 6.07) is 6.22. The van der Waals surface area contributed by atoms with E-state index in [1.54, 1.807) is 23.0 Å². The van der Waals surface area contributed by atoms with E-state index in [2.05, 4.69) is 20.5 Å². The molecule has 8 heteroatoms. The summed E-state index contributed by atoms with van der Waals surface area (Å²) in [5.74, 6) is -0.513. The molecule has 1 fully saturated rings. The van der Waals surface area contributed by atoms with Crippen LogP contribution in [0.1, 0.15) is 35.4 Å². The summed E-state index contributed by atoms with van der Waals surface area (Å²) in [6.45, 7) is 6.62. The van der Waals surface area contributed by atoms with Gasteiger partial charge in [0.1, 0.15) is 5.82 Å². The van der Waals surface area contributed by atoms with Gasteiger partial charge in [0.2, 0.25) is 0 Å². The van der Waals surface area contributed by atoms with Gasteiger partial charge in [0.25, 0.3) is 5.91 Å². The van der Waals surface area contributed by atoms with Crippen molar-refractivity contribution in [3.8, 4) is 0 Å². The lowest BCUT2D eigenvalue weighted by Gasteiger charge is -2.26. The zero-order chi connectivity index (χ0) is 18.4. The summed E-state index contributed by atoms with van der Waals surface area (Å²) in [4.78, 5) is 14.5. The molecule has 0 aliphatic carbocycles. The molecule has 1 aromatic carbocycles. The zero-order valence-electron chi connectivity index (χ0n) is 14.9. The van der Waals surface area contributed by atoms with Crippen LogP contribution < -0.4 is 5.32 Å². The quantitative estimate of drug-likeness (QED) is 0.809.